The number of thiol groups is 1. The van der Waals surface area contributed by atoms with Gasteiger partial charge >= 0.3 is 6.18 Å². The number of hydrogen-bond acceptors (Lipinski definition) is 2. The van der Waals surface area contributed by atoms with Gasteiger partial charge in [0.25, 0.3) is 5.78 Å². The summed E-state index contributed by atoms with van der Waals surface area (Å²) in [6.07, 6.45) is -1.35. The molecular weight excluding hydrogens is 237 g/mol. The van der Waals surface area contributed by atoms with E-state index in [4.69, 9.17) is 0 Å². The average Bonchev–Trinajstić information content (AvgIpc) is 2.25. The second-order valence-corrected chi connectivity index (χ2v) is 3.40. The van der Waals surface area contributed by atoms with Crippen molar-refractivity contribution in [2.45, 2.75) is 6.18 Å². The van der Waals surface area contributed by atoms with Crippen LogP contribution in [0, 0.1) is 0 Å². The predicted octanol–water partition coefficient (Wildman–Crippen LogP) is 3.37. The lowest BCUT2D eigenvalue weighted by molar-refractivity contribution is -0.0885. The molecule has 0 unspecified atom stereocenters. The zero-order chi connectivity index (χ0) is 12.2. The number of carbonyl (C=O) groups excluding carboxylic acids is 1. The van der Waals surface area contributed by atoms with Crippen molar-refractivity contribution in [2.75, 3.05) is 5.75 Å². The van der Waals surface area contributed by atoms with Gasteiger partial charge in [0.1, 0.15) is 0 Å². The highest BCUT2D eigenvalue weighted by atomic mass is 32.1. The van der Waals surface area contributed by atoms with Crippen LogP contribution in [0.25, 0.3) is 6.08 Å². The van der Waals surface area contributed by atoms with Crippen LogP contribution in [0.15, 0.2) is 30.3 Å². The van der Waals surface area contributed by atoms with Gasteiger partial charge < -0.3 is 0 Å². The summed E-state index contributed by atoms with van der Waals surface area (Å²) in [5.74, 6) is -1.28. The summed E-state index contributed by atoms with van der Waals surface area (Å²) in [5, 5.41) is 0. The van der Waals surface area contributed by atoms with Crippen LogP contribution < -0.4 is 0 Å². The van der Waals surface area contributed by atoms with Crippen LogP contribution in [0.1, 0.15) is 15.9 Å². The largest absolute Gasteiger partial charge is 0.454 e. The van der Waals surface area contributed by atoms with E-state index in [1.165, 1.54) is 12.1 Å². The van der Waals surface area contributed by atoms with Crippen LogP contribution in [0.5, 0.6) is 0 Å². The molecule has 0 heterocycles. The molecule has 16 heavy (non-hydrogen) atoms. The Morgan fingerprint density at radius 2 is 1.81 bits per heavy atom. The molecular formula is C11H9F3OS. The van der Waals surface area contributed by atoms with Crippen molar-refractivity contribution in [3.63, 3.8) is 0 Å². The third-order valence-corrected chi connectivity index (χ3v) is 2.06. The average molecular weight is 246 g/mol. The van der Waals surface area contributed by atoms with Gasteiger partial charge in [-0.2, -0.15) is 25.8 Å². The zero-order valence-electron chi connectivity index (χ0n) is 8.16. The summed E-state index contributed by atoms with van der Waals surface area (Å²) in [4.78, 5) is 10.8. The number of benzene rings is 1. The lowest BCUT2D eigenvalue weighted by atomic mass is 10.1. The van der Waals surface area contributed by atoms with E-state index < -0.39 is 12.0 Å². The molecule has 0 saturated carbocycles. The minimum absolute atomic E-state index is 0.351. The monoisotopic (exact) mass is 246 g/mol. The molecule has 0 saturated heterocycles. The third-order valence-electron chi connectivity index (χ3n) is 1.85. The first kappa shape index (κ1) is 12.8. The number of ketones is 1. The van der Waals surface area contributed by atoms with Crippen LogP contribution in [0.3, 0.4) is 0 Å². The van der Waals surface area contributed by atoms with Crippen LogP contribution in [0.4, 0.5) is 13.2 Å². The fourth-order valence-electron chi connectivity index (χ4n) is 1.10. The summed E-state index contributed by atoms with van der Waals surface area (Å²) >= 11 is 3.95. The van der Waals surface area contributed by atoms with Crippen LogP contribution >= 0.6 is 12.6 Å². The minimum Gasteiger partial charge on any atom is -0.284 e. The number of alkyl halides is 3. The van der Waals surface area contributed by atoms with Gasteiger partial charge in [0.2, 0.25) is 0 Å². The molecule has 1 rings (SSSR count). The molecule has 1 nitrogen and oxygen atoms in total. The second kappa shape index (κ2) is 5.21. The van der Waals surface area contributed by atoms with E-state index in [1.54, 1.807) is 12.2 Å². The van der Waals surface area contributed by atoms with Gasteiger partial charge in [-0.15, -0.1) is 0 Å². The first-order valence-corrected chi connectivity index (χ1v) is 5.07. The molecule has 5 heteroatoms. The summed E-state index contributed by atoms with van der Waals surface area (Å²) in [5.41, 5.74) is 0.378. The molecule has 0 bridgehead atoms. The molecule has 0 amide bonds. The number of Topliss-reactive ketones (excluding diaryl/α,β-unsaturated/α-hetero) is 1. The van der Waals surface area contributed by atoms with Gasteiger partial charge in [-0.05, 0) is 5.56 Å². The van der Waals surface area contributed by atoms with Crippen molar-refractivity contribution >= 4 is 24.5 Å². The van der Waals surface area contributed by atoms with Crippen molar-refractivity contribution in [3.8, 4) is 0 Å². The normalized spacial score (nSPS) is 12.0. The Hall–Kier alpha value is -1.23. The van der Waals surface area contributed by atoms with Crippen molar-refractivity contribution in [2.24, 2.45) is 0 Å². The Morgan fingerprint density at radius 3 is 2.25 bits per heavy atom. The maximum atomic E-state index is 12.1. The van der Waals surface area contributed by atoms with Crippen molar-refractivity contribution in [1.82, 2.24) is 0 Å². The Morgan fingerprint density at radius 1 is 1.25 bits per heavy atom. The fraction of sp³-hybridized carbons (Fsp3) is 0.182. The molecule has 0 aliphatic carbocycles. The minimum atomic E-state index is -4.82. The highest BCUT2D eigenvalue weighted by Gasteiger charge is 2.38. The molecule has 0 atom stereocenters. The summed E-state index contributed by atoms with van der Waals surface area (Å²) in [7, 11) is 0. The quantitative estimate of drug-likeness (QED) is 0.639. The van der Waals surface area contributed by atoms with Crippen LogP contribution in [-0.2, 0) is 0 Å². The Bertz CT molecular complexity index is 393. The Labute approximate surface area is 96.4 Å². The maximum Gasteiger partial charge on any atom is 0.454 e. The topological polar surface area (TPSA) is 17.1 Å². The molecule has 0 aromatic heterocycles. The van der Waals surface area contributed by atoms with Crippen molar-refractivity contribution in [1.29, 1.82) is 0 Å². The highest BCUT2D eigenvalue weighted by molar-refractivity contribution is 7.80. The van der Waals surface area contributed by atoms with Gasteiger partial charge in [-0.25, -0.2) is 0 Å². The summed E-state index contributed by atoms with van der Waals surface area (Å²) in [6.45, 7) is 0. The second-order valence-electron chi connectivity index (χ2n) is 3.03. The standard InChI is InChI=1S/C11H9F3OS/c12-11(13,14)10(15)9-5-3-8(4-6-9)2-1-7-16/h1-6,16H,7H2. The smallest absolute Gasteiger partial charge is 0.284 e. The molecule has 0 fully saturated rings. The molecule has 0 spiro atoms. The van der Waals surface area contributed by atoms with E-state index in [1.807, 2.05) is 0 Å². The summed E-state index contributed by atoms with van der Waals surface area (Å²) in [6, 6.07) is 5.24. The Kier molecular flexibility index (Phi) is 4.18. The van der Waals surface area contributed by atoms with Gasteiger partial charge in [0.05, 0.1) is 0 Å². The van der Waals surface area contributed by atoms with E-state index >= 15 is 0 Å². The van der Waals surface area contributed by atoms with Gasteiger partial charge in [-0.1, -0.05) is 36.4 Å². The first-order chi connectivity index (χ1) is 7.45. The van der Waals surface area contributed by atoms with Gasteiger partial charge in [0, 0.05) is 11.3 Å². The van der Waals surface area contributed by atoms with Crippen LogP contribution in [-0.4, -0.2) is 17.7 Å². The van der Waals surface area contributed by atoms with E-state index in [0.717, 1.165) is 17.7 Å². The van der Waals surface area contributed by atoms with E-state index in [9.17, 15) is 18.0 Å². The lowest BCUT2D eigenvalue weighted by Gasteiger charge is -2.04. The summed E-state index contributed by atoms with van der Waals surface area (Å²) < 4.78 is 36.2. The lowest BCUT2D eigenvalue weighted by Crippen LogP contribution is -2.22. The van der Waals surface area contributed by atoms with E-state index in [0.29, 0.717) is 5.75 Å². The molecule has 1 aromatic rings. The SMILES string of the molecule is O=C(c1ccc(C=CCS)cc1)C(F)(F)F. The predicted molar refractivity (Wildman–Crippen MR) is 59.7 cm³/mol. The molecule has 1 aromatic carbocycles. The molecule has 0 aliphatic heterocycles. The molecule has 0 aliphatic rings. The number of rotatable bonds is 3. The molecule has 0 radical (unpaired) electrons. The van der Waals surface area contributed by atoms with E-state index in [-0.39, 0.29) is 5.56 Å². The molecule has 86 valence electrons. The molecule has 0 N–H and O–H groups in total. The van der Waals surface area contributed by atoms with E-state index in [2.05, 4.69) is 12.6 Å². The fourth-order valence-corrected chi connectivity index (χ4v) is 1.20. The Balaban J connectivity index is 2.87. The zero-order valence-corrected chi connectivity index (χ0v) is 9.05. The number of carbonyl (C=O) groups is 1. The third kappa shape index (κ3) is 3.41. The van der Waals surface area contributed by atoms with Gasteiger partial charge in [-0.3, -0.25) is 4.79 Å². The first-order valence-electron chi connectivity index (χ1n) is 4.44. The van der Waals surface area contributed by atoms with Gasteiger partial charge in [0.15, 0.2) is 0 Å². The van der Waals surface area contributed by atoms with Crippen molar-refractivity contribution < 1.29 is 18.0 Å². The highest BCUT2D eigenvalue weighted by Crippen LogP contribution is 2.21. The van der Waals surface area contributed by atoms with Crippen molar-refractivity contribution in [3.05, 3.63) is 41.5 Å². The number of halogens is 3. The van der Waals surface area contributed by atoms with Crippen LogP contribution in [0.2, 0.25) is 0 Å². The number of hydrogen-bond donors (Lipinski definition) is 1. The maximum absolute atomic E-state index is 12.1.